The Labute approximate surface area is 76.7 Å². The van der Waals surface area contributed by atoms with E-state index in [4.69, 9.17) is 28.9 Å². The van der Waals surface area contributed by atoms with Crippen molar-refractivity contribution in [2.75, 3.05) is 0 Å². The maximum absolute atomic E-state index is 8.98. The summed E-state index contributed by atoms with van der Waals surface area (Å²) in [6.07, 6.45) is 2.41. The zero-order valence-corrected chi connectivity index (χ0v) is 7.74. The normalized spacial score (nSPS) is 32.4. The summed E-state index contributed by atoms with van der Waals surface area (Å²) in [5.41, 5.74) is 8.98. The lowest BCUT2D eigenvalue weighted by Crippen LogP contribution is -2.24. The summed E-state index contributed by atoms with van der Waals surface area (Å²) in [5.74, 6) is 0. The molecule has 1 rings (SSSR count). The lowest BCUT2D eigenvalue weighted by Gasteiger charge is -2.18. The highest BCUT2D eigenvalue weighted by atomic mass is 79.9. The summed E-state index contributed by atoms with van der Waals surface area (Å²) in [5, 5.41) is -1.47. The van der Waals surface area contributed by atoms with Crippen LogP contribution in [0.2, 0.25) is 0 Å². The van der Waals surface area contributed by atoms with Gasteiger partial charge in [0, 0.05) is 6.08 Å². The van der Waals surface area contributed by atoms with Crippen LogP contribution in [0.15, 0.2) is 21.9 Å². The van der Waals surface area contributed by atoms with E-state index in [2.05, 4.69) is 20.7 Å². The molecule has 0 saturated heterocycles. The molecule has 0 saturated carbocycles. The van der Waals surface area contributed by atoms with Gasteiger partial charge >= 0.3 is 0 Å². The van der Waals surface area contributed by atoms with Gasteiger partial charge < -0.3 is 4.74 Å². The third-order valence-corrected chi connectivity index (χ3v) is 2.21. The van der Waals surface area contributed by atoms with E-state index < -0.39 is 5.18 Å². The van der Waals surface area contributed by atoms with Crippen molar-refractivity contribution < 1.29 is 4.74 Å². The molecule has 0 N–H and O–H groups in total. The van der Waals surface area contributed by atoms with Crippen LogP contribution in [0, 0.1) is 0 Å². The van der Waals surface area contributed by atoms with Gasteiger partial charge in [0.05, 0.1) is 9.51 Å². The number of nitrogens with zero attached hydrogens (tertiary/aromatic N) is 1. The van der Waals surface area contributed by atoms with Gasteiger partial charge in [-0.2, -0.15) is 0 Å². The van der Waals surface area contributed by atoms with Gasteiger partial charge in [0.2, 0.25) is 0 Å². The molecule has 0 aromatic heterocycles. The second-order valence-corrected chi connectivity index (χ2v) is 3.49. The Morgan fingerprint density at radius 2 is 2.30 bits per heavy atom. The van der Waals surface area contributed by atoms with Crippen LogP contribution >= 0.6 is 39.1 Å². The van der Waals surface area contributed by atoms with Crippen molar-refractivity contribution in [2.45, 2.75) is 5.18 Å². The average molecular weight is 243 g/mol. The molecule has 0 aromatic rings. The third-order valence-electron chi connectivity index (χ3n) is 0.861. The fourth-order valence-electron chi connectivity index (χ4n) is 0.450. The molecule has 1 heterocycles. The maximum atomic E-state index is 8.98. The van der Waals surface area contributed by atoms with Gasteiger partial charge in [0.1, 0.15) is 6.26 Å². The van der Waals surface area contributed by atoms with Gasteiger partial charge in [-0.1, -0.05) is 17.3 Å². The second-order valence-electron chi connectivity index (χ2n) is 1.68. The van der Waals surface area contributed by atoms with E-state index in [0.717, 1.165) is 0 Å². The van der Waals surface area contributed by atoms with Crippen LogP contribution in [-0.2, 0) is 4.74 Å². The number of rotatable bonds is 0. The largest absolute Gasteiger partial charge is 0.459 e. The first kappa shape index (κ1) is 8.40. The smallest absolute Gasteiger partial charge is 0.289 e. The summed E-state index contributed by atoms with van der Waals surface area (Å²) in [4.78, 5) is 0. The lowest BCUT2D eigenvalue weighted by molar-refractivity contribution is 0.142. The van der Waals surface area contributed by atoms with Gasteiger partial charge in [-0.3, -0.25) is 0 Å². The molecule has 54 valence electrons. The summed E-state index contributed by atoms with van der Waals surface area (Å²) < 4.78 is 5.15. The van der Waals surface area contributed by atoms with E-state index in [1.807, 2.05) is 0 Å². The first-order chi connectivity index (χ1) is 4.51. The number of alkyl halides is 1. The quantitative estimate of drug-likeness (QED) is 0.474. The molecule has 2 radical (unpaired) electrons. The minimum atomic E-state index is -1.80. The standard InChI is InChI=1S/C5H2BrCl2NO/c6-3-2-10-5(8,9)1-4(3)7/h1-2H. The number of hydrogen-bond donors (Lipinski definition) is 0. The second kappa shape index (κ2) is 2.74. The van der Waals surface area contributed by atoms with Gasteiger partial charge in [0.25, 0.3) is 5.18 Å². The predicted octanol–water partition coefficient (Wildman–Crippen LogP) is 2.34. The predicted molar refractivity (Wildman–Crippen MR) is 42.7 cm³/mol. The van der Waals surface area contributed by atoms with Crippen molar-refractivity contribution in [3.8, 4) is 0 Å². The molecule has 5 heteroatoms. The topological polar surface area (TPSA) is 31.5 Å². The van der Waals surface area contributed by atoms with E-state index in [1.165, 1.54) is 12.3 Å². The monoisotopic (exact) mass is 241 g/mol. The Morgan fingerprint density at radius 3 is 2.70 bits per heavy atom. The van der Waals surface area contributed by atoms with Crippen LogP contribution in [-0.4, -0.2) is 5.18 Å². The molecule has 0 fully saturated rings. The van der Waals surface area contributed by atoms with Crippen molar-refractivity contribution in [1.82, 2.24) is 5.73 Å². The van der Waals surface area contributed by atoms with E-state index >= 15 is 0 Å². The molecule has 0 aliphatic carbocycles. The van der Waals surface area contributed by atoms with E-state index in [0.29, 0.717) is 9.51 Å². The van der Waals surface area contributed by atoms with E-state index in [9.17, 15) is 0 Å². The Hall–Kier alpha value is 0.300. The Kier molecular flexibility index (Phi) is 2.30. The van der Waals surface area contributed by atoms with Gasteiger partial charge in [-0.05, 0) is 27.5 Å². The Bertz CT molecular complexity index is 212. The fourth-order valence-corrected chi connectivity index (χ4v) is 1.06. The van der Waals surface area contributed by atoms with Crippen molar-refractivity contribution >= 4 is 39.1 Å². The molecule has 0 amide bonds. The molecule has 1 atom stereocenters. The summed E-state index contributed by atoms with van der Waals surface area (Å²) in [7, 11) is 0. The van der Waals surface area contributed by atoms with E-state index in [1.54, 1.807) is 0 Å². The minimum Gasteiger partial charge on any atom is -0.459 e. The molecule has 1 aliphatic rings. The van der Waals surface area contributed by atoms with Crippen LogP contribution in [0.3, 0.4) is 0 Å². The molecule has 0 spiro atoms. The molecule has 10 heavy (non-hydrogen) atoms. The van der Waals surface area contributed by atoms with Gasteiger partial charge in [0.15, 0.2) is 0 Å². The highest BCUT2D eigenvalue weighted by Crippen LogP contribution is 2.31. The molecular weight excluding hydrogens is 241 g/mol. The SMILES string of the molecule is [N]C1(Cl)C=C(Cl)C(Br)=CO1. The number of hydrogen-bond acceptors (Lipinski definition) is 1. The first-order valence-corrected chi connectivity index (χ1v) is 3.90. The summed E-state index contributed by atoms with van der Waals surface area (Å²) in [6, 6.07) is 0. The Morgan fingerprint density at radius 1 is 1.70 bits per heavy atom. The molecule has 2 nitrogen and oxygen atoms in total. The molecule has 1 aliphatic heterocycles. The van der Waals surface area contributed by atoms with E-state index in [-0.39, 0.29) is 0 Å². The zero-order chi connectivity index (χ0) is 7.78. The highest BCUT2D eigenvalue weighted by Gasteiger charge is 2.26. The van der Waals surface area contributed by atoms with Gasteiger partial charge in [-0.25, -0.2) is 0 Å². The molecule has 0 aromatic carbocycles. The number of ether oxygens (including phenoxy) is 1. The van der Waals surface area contributed by atoms with Crippen LogP contribution in [0.5, 0.6) is 0 Å². The maximum Gasteiger partial charge on any atom is 0.289 e. The molecule has 1 unspecified atom stereocenters. The summed E-state index contributed by atoms with van der Waals surface area (Å²) in [6.45, 7) is 0. The van der Waals surface area contributed by atoms with Gasteiger partial charge in [-0.15, -0.1) is 0 Å². The Balaban J connectivity index is 2.87. The van der Waals surface area contributed by atoms with Crippen molar-refractivity contribution in [3.63, 3.8) is 0 Å². The van der Waals surface area contributed by atoms with Crippen LogP contribution in [0.25, 0.3) is 0 Å². The fraction of sp³-hybridized carbons (Fsp3) is 0.200. The lowest BCUT2D eigenvalue weighted by atomic mass is 10.4. The van der Waals surface area contributed by atoms with Crippen LogP contribution in [0.1, 0.15) is 0 Å². The van der Waals surface area contributed by atoms with Crippen molar-refractivity contribution in [1.29, 1.82) is 0 Å². The zero-order valence-electron chi connectivity index (χ0n) is 4.64. The molecule has 0 bridgehead atoms. The number of allylic oxidation sites excluding steroid dienone is 2. The average Bonchev–Trinajstić information content (AvgIpc) is 1.79. The highest BCUT2D eigenvalue weighted by molar-refractivity contribution is 9.12. The minimum absolute atomic E-state index is 0.323. The summed E-state index contributed by atoms with van der Waals surface area (Å²) >= 11 is 14.0. The van der Waals surface area contributed by atoms with Crippen LogP contribution < -0.4 is 5.73 Å². The first-order valence-electron chi connectivity index (χ1n) is 2.35. The van der Waals surface area contributed by atoms with Crippen LogP contribution in [0.4, 0.5) is 0 Å². The number of halogens is 3. The van der Waals surface area contributed by atoms with Crippen molar-refractivity contribution in [2.24, 2.45) is 0 Å². The third kappa shape index (κ3) is 1.89. The molecular formula is C5H2BrCl2NO. The van der Waals surface area contributed by atoms with Crippen molar-refractivity contribution in [3.05, 3.63) is 21.9 Å².